The molecule has 0 amide bonds. The van der Waals surface area contributed by atoms with Crippen molar-refractivity contribution in [2.24, 2.45) is 5.92 Å². The number of nitrogen functional groups attached to an aromatic ring is 1. The lowest BCUT2D eigenvalue weighted by Crippen LogP contribution is -2.25. The molecule has 0 aliphatic carbocycles. The van der Waals surface area contributed by atoms with Crippen molar-refractivity contribution < 1.29 is 5.11 Å². The fourth-order valence-corrected chi connectivity index (χ4v) is 2.19. The van der Waals surface area contributed by atoms with Crippen LogP contribution in [0.4, 0.5) is 5.69 Å². The SMILES string of the molecule is CC(CNCCO)Cc1cc(Cl)c(N)c(Cl)c1.Cl. The predicted molar refractivity (Wildman–Crippen MR) is 80.9 cm³/mol. The van der Waals surface area contributed by atoms with Gasteiger partial charge in [-0.25, -0.2) is 0 Å². The van der Waals surface area contributed by atoms with E-state index in [1.165, 1.54) is 0 Å². The molecule has 0 aliphatic rings. The van der Waals surface area contributed by atoms with Gasteiger partial charge in [-0.15, -0.1) is 12.4 Å². The van der Waals surface area contributed by atoms with Gasteiger partial charge in [-0.1, -0.05) is 30.1 Å². The summed E-state index contributed by atoms with van der Waals surface area (Å²) in [7, 11) is 0. The molecule has 0 radical (unpaired) electrons. The number of hydrogen-bond donors (Lipinski definition) is 3. The van der Waals surface area contributed by atoms with Crippen molar-refractivity contribution in [1.29, 1.82) is 0 Å². The van der Waals surface area contributed by atoms with Crippen LogP contribution in [0.1, 0.15) is 12.5 Å². The molecule has 18 heavy (non-hydrogen) atoms. The molecule has 1 unspecified atom stereocenters. The smallest absolute Gasteiger partial charge is 0.0693 e. The van der Waals surface area contributed by atoms with Crippen LogP contribution in [0.15, 0.2) is 12.1 Å². The van der Waals surface area contributed by atoms with Gasteiger partial charge in [0, 0.05) is 6.54 Å². The highest BCUT2D eigenvalue weighted by molar-refractivity contribution is 6.38. The first-order valence-corrected chi connectivity index (χ1v) is 6.35. The number of nitrogens with one attached hydrogen (secondary N) is 1. The average molecular weight is 314 g/mol. The van der Waals surface area contributed by atoms with Crippen LogP contribution in [-0.2, 0) is 6.42 Å². The quantitative estimate of drug-likeness (QED) is 0.559. The van der Waals surface area contributed by atoms with Gasteiger partial charge >= 0.3 is 0 Å². The standard InChI is InChI=1S/C12H18Cl2N2O.ClH/c1-8(7-16-2-3-17)4-9-5-10(13)12(15)11(14)6-9;/h5-6,8,16-17H,2-4,7,15H2,1H3;1H. The van der Waals surface area contributed by atoms with Crippen LogP contribution in [0, 0.1) is 5.92 Å². The van der Waals surface area contributed by atoms with E-state index in [2.05, 4.69) is 12.2 Å². The molecule has 0 aromatic heterocycles. The van der Waals surface area contributed by atoms with Crippen molar-refractivity contribution in [3.8, 4) is 0 Å². The molecule has 0 heterocycles. The maximum Gasteiger partial charge on any atom is 0.0693 e. The maximum absolute atomic E-state index is 8.66. The molecule has 0 bridgehead atoms. The Hall–Kier alpha value is -0.190. The summed E-state index contributed by atoms with van der Waals surface area (Å²) in [6.07, 6.45) is 0.873. The summed E-state index contributed by atoms with van der Waals surface area (Å²) in [4.78, 5) is 0. The van der Waals surface area contributed by atoms with Crippen LogP contribution in [0.5, 0.6) is 0 Å². The van der Waals surface area contributed by atoms with Gasteiger partial charge in [-0.2, -0.15) is 0 Å². The van der Waals surface area contributed by atoms with Crippen molar-refractivity contribution in [3.05, 3.63) is 27.7 Å². The Morgan fingerprint density at radius 2 is 1.89 bits per heavy atom. The Bertz CT molecular complexity index is 351. The first-order valence-electron chi connectivity index (χ1n) is 5.59. The third-order valence-electron chi connectivity index (χ3n) is 2.50. The van der Waals surface area contributed by atoms with Crippen molar-refractivity contribution in [1.82, 2.24) is 5.32 Å². The highest BCUT2D eigenvalue weighted by Crippen LogP contribution is 2.29. The van der Waals surface area contributed by atoms with Crippen LogP contribution in [0.2, 0.25) is 10.0 Å². The Morgan fingerprint density at radius 1 is 1.33 bits per heavy atom. The van der Waals surface area contributed by atoms with E-state index in [4.69, 9.17) is 34.0 Å². The minimum atomic E-state index is 0. The lowest BCUT2D eigenvalue weighted by molar-refractivity contribution is 0.288. The fourth-order valence-electron chi connectivity index (χ4n) is 1.66. The molecule has 0 saturated heterocycles. The van der Waals surface area contributed by atoms with Gasteiger partial charge < -0.3 is 16.2 Å². The maximum atomic E-state index is 8.66. The number of rotatable bonds is 6. The van der Waals surface area contributed by atoms with E-state index in [9.17, 15) is 0 Å². The summed E-state index contributed by atoms with van der Waals surface area (Å²) >= 11 is 11.9. The van der Waals surface area contributed by atoms with E-state index < -0.39 is 0 Å². The van der Waals surface area contributed by atoms with Gasteiger partial charge in [0.05, 0.1) is 22.3 Å². The molecule has 1 rings (SSSR count). The second-order valence-electron chi connectivity index (χ2n) is 4.21. The molecule has 0 aliphatic heterocycles. The van der Waals surface area contributed by atoms with E-state index in [0.29, 0.717) is 28.2 Å². The second kappa shape index (κ2) is 8.83. The molecule has 6 heteroatoms. The molecule has 4 N–H and O–H groups in total. The number of hydrogen-bond acceptors (Lipinski definition) is 3. The van der Waals surface area contributed by atoms with Gasteiger partial charge in [0.2, 0.25) is 0 Å². The predicted octanol–water partition coefficient (Wildman–Crippen LogP) is 2.76. The summed E-state index contributed by atoms with van der Waals surface area (Å²) in [6, 6.07) is 3.70. The normalized spacial score (nSPS) is 12.0. The Balaban J connectivity index is 0.00000289. The molecule has 0 fully saturated rings. The molecular weight excluding hydrogens is 295 g/mol. The zero-order valence-corrected chi connectivity index (χ0v) is 12.6. The van der Waals surface area contributed by atoms with E-state index in [1.807, 2.05) is 12.1 Å². The number of halogens is 3. The highest BCUT2D eigenvalue weighted by Gasteiger charge is 2.08. The largest absolute Gasteiger partial charge is 0.396 e. The first kappa shape index (κ1) is 17.8. The summed E-state index contributed by atoms with van der Waals surface area (Å²) < 4.78 is 0. The first-order chi connectivity index (χ1) is 8.04. The Labute approximate surface area is 124 Å². The highest BCUT2D eigenvalue weighted by atomic mass is 35.5. The van der Waals surface area contributed by atoms with Crippen molar-refractivity contribution in [2.45, 2.75) is 13.3 Å². The molecule has 1 aromatic rings. The van der Waals surface area contributed by atoms with Crippen molar-refractivity contribution in [3.63, 3.8) is 0 Å². The third-order valence-corrected chi connectivity index (χ3v) is 3.13. The van der Waals surface area contributed by atoms with Crippen LogP contribution in [-0.4, -0.2) is 24.8 Å². The number of aliphatic hydroxyl groups is 1. The lowest BCUT2D eigenvalue weighted by atomic mass is 10.0. The summed E-state index contributed by atoms with van der Waals surface area (Å²) in [5.74, 6) is 0.442. The summed E-state index contributed by atoms with van der Waals surface area (Å²) in [6.45, 7) is 3.75. The second-order valence-corrected chi connectivity index (χ2v) is 5.02. The molecule has 0 saturated carbocycles. The molecule has 3 nitrogen and oxygen atoms in total. The fraction of sp³-hybridized carbons (Fsp3) is 0.500. The summed E-state index contributed by atoms with van der Waals surface area (Å²) in [5, 5.41) is 12.8. The number of aliphatic hydroxyl groups excluding tert-OH is 1. The van der Waals surface area contributed by atoms with E-state index >= 15 is 0 Å². The van der Waals surface area contributed by atoms with E-state index in [0.717, 1.165) is 18.5 Å². The van der Waals surface area contributed by atoms with E-state index in [-0.39, 0.29) is 19.0 Å². The monoisotopic (exact) mass is 312 g/mol. The van der Waals surface area contributed by atoms with Crippen LogP contribution >= 0.6 is 35.6 Å². The molecule has 0 spiro atoms. The van der Waals surface area contributed by atoms with Gasteiger partial charge in [-0.05, 0) is 36.6 Å². The van der Waals surface area contributed by atoms with Crippen LogP contribution in [0.3, 0.4) is 0 Å². The summed E-state index contributed by atoms with van der Waals surface area (Å²) in [5.41, 5.74) is 7.19. The van der Waals surface area contributed by atoms with Crippen molar-refractivity contribution in [2.75, 3.05) is 25.4 Å². The van der Waals surface area contributed by atoms with Crippen LogP contribution < -0.4 is 11.1 Å². The minimum Gasteiger partial charge on any atom is -0.396 e. The van der Waals surface area contributed by atoms with Crippen LogP contribution in [0.25, 0.3) is 0 Å². The molecule has 104 valence electrons. The number of benzene rings is 1. The third kappa shape index (κ3) is 5.63. The van der Waals surface area contributed by atoms with Gasteiger partial charge in [0.25, 0.3) is 0 Å². The Kier molecular flexibility index (Phi) is 8.74. The number of nitrogens with two attached hydrogens (primary N) is 1. The van der Waals surface area contributed by atoms with Crippen molar-refractivity contribution >= 4 is 41.3 Å². The molecule has 1 atom stereocenters. The topological polar surface area (TPSA) is 58.3 Å². The van der Waals surface area contributed by atoms with Gasteiger partial charge in [0.1, 0.15) is 0 Å². The van der Waals surface area contributed by atoms with Gasteiger partial charge in [-0.3, -0.25) is 0 Å². The molecule has 1 aromatic carbocycles. The zero-order chi connectivity index (χ0) is 12.8. The minimum absolute atomic E-state index is 0. The molecular formula is C12H19Cl3N2O. The number of anilines is 1. The van der Waals surface area contributed by atoms with E-state index in [1.54, 1.807) is 0 Å². The average Bonchev–Trinajstić information content (AvgIpc) is 2.26. The lowest BCUT2D eigenvalue weighted by Gasteiger charge is -2.13. The van der Waals surface area contributed by atoms with Gasteiger partial charge in [0.15, 0.2) is 0 Å². The Morgan fingerprint density at radius 3 is 2.39 bits per heavy atom. The zero-order valence-electron chi connectivity index (χ0n) is 10.2.